The van der Waals surface area contributed by atoms with Gasteiger partial charge in [-0.05, 0) is 45.4 Å². The molecule has 0 saturated heterocycles. The van der Waals surface area contributed by atoms with Gasteiger partial charge in [-0.2, -0.15) is 0 Å². The molecule has 0 unspecified atom stereocenters. The fourth-order valence-corrected chi connectivity index (χ4v) is 1.88. The van der Waals surface area contributed by atoms with Crippen LogP contribution in [0.15, 0.2) is 22.7 Å². The van der Waals surface area contributed by atoms with E-state index in [1.807, 2.05) is 25.1 Å². The van der Waals surface area contributed by atoms with E-state index in [2.05, 4.69) is 21.2 Å². The van der Waals surface area contributed by atoms with Crippen LogP contribution in [0.1, 0.15) is 39.2 Å². The number of carbonyl (C=O) groups excluding carboxylic acids is 2. The zero-order valence-corrected chi connectivity index (χ0v) is 13.8. The Balaban J connectivity index is 2.44. The molecule has 4 nitrogen and oxygen atoms in total. The van der Waals surface area contributed by atoms with E-state index >= 15 is 0 Å². The molecule has 0 aliphatic carbocycles. The minimum atomic E-state index is -0.518. The van der Waals surface area contributed by atoms with Crippen molar-refractivity contribution in [2.75, 3.05) is 5.32 Å². The van der Waals surface area contributed by atoms with Crippen molar-refractivity contribution in [2.24, 2.45) is 0 Å². The lowest BCUT2D eigenvalue weighted by Crippen LogP contribution is -2.24. The van der Waals surface area contributed by atoms with Gasteiger partial charge in [-0.1, -0.05) is 22.0 Å². The smallest absolute Gasteiger partial charge is 0.306 e. The number of hydrogen-bond acceptors (Lipinski definition) is 3. The molecule has 0 aliphatic heterocycles. The monoisotopic (exact) mass is 341 g/mol. The first kappa shape index (κ1) is 16.7. The first-order valence-corrected chi connectivity index (χ1v) is 7.24. The van der Waals surface area contributed by atoms with Crippen molar-refractivity contribution in [3.63, 3.8) is 0 Å². The molecule has 0 radical (unpaired) electrons. The van der Waals surface area contributed by atoms with Crippen molar-refractivity contribution >= 4 is 33.5 Å². The average Bonchev–Trinajstić information content (AvgIpc) is 2.29. The maximum absolute atomic E-state index is 11.7. The second-order valence-corrected chi connectivity index (χ2v) is 6.45. The molecule has 1 N–H and O–H groups in total. The van der Waals surface area contributed by atoms with Gasteiger partial charge in [-0.15, -0.1) is 0 Å². The number of hydrogen-bond donors (Lipinski definition) is 1. The van der Waals surface area contributed by atoms with Gasteiger partial charge in [-0.3, -0.25) is 9.59 Å². The average molecular weight is 342 g/mol. The number of nitrogens with one attached hydrogen (secondary N) is 1. The maximum atomic E-state index is 11.7. The summed E-state index contributed by atoms with van der Waals surface area (Å²) in [6.45, 7) is 7.37. The number of amides is 1. The minimum Gasteiger partial charge on any atom is -0.460 e. The largest absolute Gasteiger partial charge is 0.460 e. The van der Waals surface area contributed by atoms with E-state index in [1.54, 1.807) is 20.8 Å². The summed E-state index contributed by atoms with van der Waals surface area (Å²) >= 11 is 3.41. The molecule has 0 bridgehead atoms. The van der Waals surface area contributed by atoms with Crippen molar-refractivity contribution in [3.05, 3.63) is 28.2 Å². The summed E-state index contributed by atoms with van der Waals surface area (Å²) in [5, 5.41) is 2.75. The summed E-state index contributed by atoms with van der Waals surface area (Å²) in [7, 11) is 0. The fraction of sp³-hybridized carbons (Fsp3) is 0.467. The van der Waals surface area contributed by atoms with Gasteiger partial charge >= 0.3 is 5.97 Å². The third kappa shape index (κ3) is 6.19. The third-order valence-corrected chi connectivity index (χ3v) is 3.29. The number of halogens is 1. The van der Waals surface area contributed by atoms with Crippen LogP contribution in [0.2, 0.25) is 0 Å². The van der Waals surface area contributed by atoms with Gasteiger partial charge < -0.3 is 10.1 Å². The summed E-state index contributed by atoms with van der Waals surface area (Å²) in [5.74, 6) is -0.565. The Kier molecular flexibility index (Phi) is 5.74. The molecule has 1 rings (SSSR count). The number of rotatable bonds is 4. The van der Waals surface area contributed by atoms with E-state index in [-0.39, 0.29) is 24.7 Å². The Morgan fingerprint density at radius 1 is 1.25 bits per heavy atom. The van der Waals surface area contributed by atoms with E-state index < -0.39 is 5.60 Å². The van der Waals surface area contributed by atoms with E-state index in [0.29, 0.717) is 5.69 Å². The summed E-state index contributed by atoms with van der Waals surface area (Å²) in [6.07, 6.45) is 0.191. The normalized spacial score (nSPS) is 11.1. The lowest BCUT2D eigenvalue weighted by Gasteiger charge is -2.19. The Morgan fingerprint density at radius 3 is 2.45 bits per heavy atom. The molecule has 0 saturated carbocycles. The van der Waals surface area contributed by atoms with Gasteiger partial charge in [0.15, 0.2) is 0 Å². The molecule has 110 valence electrons. The molecule has 1 aromatic rings. The van der Waals surface area contributed by atoms with Crippen LogP contribution in [0.4, 0.5) is 5.69 Å². The fourth-order valence-electron chi connectivity index (χ4n) is 1.50. The van der Waals surface area contributed by atoms with Gasteiger partial charge in [0.25, 0.3) is 0 Å². The quantitative estimate of drug-likeness (QED) is 0.847. The molecule has 0 atom stereocenters. The molecule has 0 heterocycles. The predicted octanol–water partition coefficient (Wildman–Crippen LogP) is 3.82. The van der Waals surface area contributed by atoms with Gasteiger partial charge in [-0.25, -0.2) is 0 Å². The van der Waals surface area contributed by atoms with Crippen LogP contribution >= 0.6 is 15.9 Å². The zero-order chi connectivity index (χ0) is 15.3. The number of carbonyl (C=O) groups is 2. The number of aryl methyl sites for hydroxylation is 1. The van der Waals surface area contributed by atoms with Crippen molar-refractivity contribution < 1.29 is 14.3 Å². The summed E-state index contributed by atoms with van der Waals surface area (Å²) < 4.78 is 6.08. The van der Waals surface area contributed by atoms with Gasteiger partial charge in [0.05, 0.1) is 6.42 Å². The Hall–Kier alpha value is -1.36. The van der Waals surface area contributed by atoms with Gasteiger partial charge in [0, 0.05) is 16.6 Å². The molecule has 1 aromatic carbocycles. The number of esters is 1. The summed E-state index contributed by atoms with van der Waals surface area (Å²) in [6, 6.07) is 5.57. The summed E-state index contributed by atoms with van der Waals surface area (Å²) in [5.41, 5.74) is 1.28. The van der Waals surface area contributed by atoms with E-state index in [9.17, 15) is 9.59 Å². The second kappa shape index (κ2) is 6.88. The van der Waals surface area contributed by atoms with Gasteiger partial charge in [0.1, 0.15) is 5.60 Å². The van der Waals surface area contributed by atoms with Crippen LogP contribution < -0.4 is 5.32 Å². The second-order valence-electron chi connectivity index (χ2n) is 5.60. The molecule has 0 aliphatic rings. The molecule has 1 amide bonds. The summed E-state index contributed by atoms with van der Waals surface area (Å²) in [4.78, 5) is 23.2. The lowest BCUT2D eigenvalue weighted by atomic mass is 10.2. The van der Waals surface area contributed by atoms with Crippen molar-refractivity contribution in [1.29, 1.82) is 0 Å². The molecule has 0 fully saturated rings. The SMILES string of the molecule is Cc1ccc(NC(=O)CCC(=O)OC(C)(C)C)cc1Br. The molecule has 5 heteroatoms. The van der Waals surface area contributed by atoms with E-state index in [4.69, 9.17) is 4.74 Å². The minimum absolute atomic E-state index is 0.0795. The van der Waals surface area contributed by atoms with Crippen LogP contribution in [0.3, 0.4) is 0 Å². The Bertz CT molecular complexity index is 506. The first-order valence-electron chi connectivity index (χ1n) is 6.45. The molecule has 0 aromatic heterocycles. The van der Waals surface area contributed by atoms with Crippen LogP contribution in [0, 0.1) is 6.92 Å². The first-order chi connectivity index (χ1) is 9.17. The van der Waals surface area contributed by atoms with Crippen LogP contribution in [0.25, 0.3) is 0 Å². The topological polar surface area (TPSA) is 55.4 Å². The maximum Gasteiger partial charge on any atom is 0.306 e. The van der Waals surface area contributed by atoms with Crippen molar-refractivity contribution in [1.82, 2.24) is 0 Å². The van der Waals surface area contributed by atoms with E-state index in [1.165, 1.54) is 0 Å². The number of benzene rings is 1. The Labute approximate surface area is 128 Å². The highest BCUT2D eigenvalue weighted by atomic mass is 79.9. The van der Waals surface area contributed by atoms with Crippen molar-refractivity contribution in [2.45, 2.75) is 46.1 Å². The molecular weight excluding hydrogens is 322 g/mol. The predicted molar refractivity (Wildman–Crippen MR) is 82.6 cm³/mol. The van der Waals surface area contributed by atoms with Crippen LogP contribution in [0.5, 0.6) is 0 Å². The highest BCUT2D eigenvalue weighted by Gasteiger charge is 2.17. The molecular formula is C15H20BrNO3. The highest BCUT2D eigenvalue weighted by Crippen LogP contribution is 2.20. The molecule has 20 heavy (non-hydrogen) atoms. The van der Waals surface area contributed by atoms with E-state index in [0.717, 1.165) is 10.0 Å². The van der Waals surface area contributed by atoms with Crippen LogP contribution in [-0.2, 0) is 14.3 Å². The zero-order valence-electron chi connectivity index (χ0n) is 12.2. The standard InChI is InChI=1S/C15H20BrNO3/c1-10-5-6-11(9-12(10)16)17-13(18)7-8-14(19)20-15(2,3)4/h5-6,9H,7-8H2,1-4H3,(H,17,18). The van der Waals surface area contributed by atoms with Crippen LogP contribution in [-0.4, -0.2) is 17.5 Å². The molecule has 0 spiro atoms. The lowest BCUT2D eigenvalue weighted by molar-refractivity contribution is -0.155. The Morgan fingerprint density at radius 2 is 1.90 bits per heavy atom. The number of ether oxygens (including phenoxy) is 1. The van der Waals surface area contributed by atoms with Crippen molar-refractivity contribution in [3.8, 4) is 0 Å². The number of anilines is 1. The van der Waals surface area contributed by atoms with Gasteiger partial charge in [0.2, 0.25) is 5.91 Å². The third-order valence-electron chi connectivity index (χ3n) is 2.43. The highest BCUT2D eigenvalue weighted by molar-refractivity contribution is 9.10.